The first-order chi connectivity index (χ1) is 17.0. The van der Waals surface area contributed by atoms with Gasteiger partial charge in [0, 0.05) is 22.2 Å². The molecule has 0 aromatic heterocycles. The Kier molecular flexibility index (Phi) is 8.37. The second kappa shape index (κ2) is 10.9. The van der Waals surface area contributed by atoms with Crippen LogP contribution in [0.3, 0.4) is 0 Å². The van der Waals surface area contributed by atoms with Gasteiger partial charge in [0.15, 0.2) is 5.92 Å². The van der Waals surface area contributed by atoms with Gasteiger partial charge < -0.3 is 14.4 Å². The first-order valence-electron chi connectivity index (χ1n) is 12.0. The minimum absolute atomic E-state index is 0.0203. The van der Waals surface area contributed by atoms with Crippen LogP contribution in [0.5, 0.6) is 0 Å². The van der Waals surface area contributed by atoms with Gasteiger partial charge in [0.2, 0.25) is 7.37 Å². The van der Waals surface area contributed by atoms with Crippen molar-refractivity contribution in [3.05, 3.63) is 47.5 Å². The number of nitrogens with zero attached hydrogens (tertiary/aromatic N) is 1. The zero-order chi connectivity index (χ0) is 26.8. The SMILES string of the molecule is CCOC(=O)C(C(=O)OCC)C(C(C)C)C(C)P(=O)(O)CN1C(=O)c2cccc3cccc(c23)C1=O. The molecule has 3 unspecified atom stereocenters. The van der Waals surface area contributed by atoms with Gasteiger partial charge in [0.25, 0.3) is 11.8 Å². The van der Waals surface area contributed by atoms with E-state index in [-0.39, 0.29) is 24.3 Å². The van der Waals surface area contributed by atoms with E-state index in [1.165, 1.54) is 6.92 Å². The summed E-state index contributed by atoms with van der Waals surface area (Å²) < 4.78 is 23.9. The van der Waals surface area contributed by atoms with Gasteiger partial charge >= 0.3 is 11.9 Å². The molecule has 1 aliphatic rings. The lowest BCUT2D eigenvalue weighted by Crippen LogP contribution is -2.45. The van der Waals surface area contributed by atoms with Crippen molar-refractivity contribution in [3.8, 4) is 0 Å². The molecule has 0 aliphatic carbocycles. The lowest BCUT2D eigenvalue weighted by Gasteiger charge is -2.36. The van der Waals surface area contributed by atoms with E-state index in [9.17, 15) is 28.6 Å². The van der Waals surface area contributed by atoms with E-state index in [0.29, 0.717) is 5.39 Å². The quantitative estimate of drug-likeness (QED) is 0.216. The number of esters is 2. The maximum atomic E-state index is 13.7. The number of carbonyl (C=O) groups excluding carboxylic acids is 4. The van der Waals surface area contributed by atoms with Gasteiger partial charge in [-0.15, -0.1) is 0 Å². The van der Waals surface area contributed by atoms with E-state index in [2.05, 4.69) is 0 Å². The van der Waals surface area contributed by atoms with Crippen molar-refractivity contribution in [1.82, 2.24) is 4.90 Å². The topological polar surface area (TPSA) is 127 Å². The molecule has 3 atom stereocenters. The highest BCUT2D eigenvalue weighted by molar-refractivity contribution is 7.58. The fraction of sp³-hybridized carbons (Fsp3) is 0.462. The molecule has 2 aromatic rings. The van der Waals surface area contributed by atoms with Gasteiger partial charge in [0.05, 0.1) is 13.2 Å². The molecule has 9 nitrogen and oxygen atoms in total. The monoisotopic (exact) mass is 517 g/mol. The predicted octanol–water partition coefficient (Wildman–Crippen LogP) is 4.07. The maximum absolute atomic E-state index is 13.7. The third-order valence-corrected chi connectivity index (χ3v) is 8.93. The number of rotatable bonds is 10. The van der Waals surface area contributed by atoms with Gasteiger partial charge in [-0.05, 0) is 43.2 Å². The molecule has 194 valence electrons. The molecule has 0 saturated heterocycles. The molecule has 3 rings (SSSR count). The molecule has 0 saturated carbocycles. The second-order valence-electron chi connectivity index (χ2n) is 9.19. The van der Waals surface area contributed by atoms with Crippen molar-refractivity contribution in [2.45, 2.75) is 40.3 Å². The highest BCUT2D eigenvalue weighted by Crippen LogP contribution is 2.53. The van der Waals surface area contributed by atoms with Gasteiger partial charge in [0.1, 0.15) is 6.29 Å². The van der Waals surface area contributed by atoms with Gasteiger partial charge in [-0.3, -0.25) is 28.6 Å². The molecule has 1 heterocycles. The predicted molar refractivity (Wildman–Crippen MR) is 134 cm³/mol. The van der Waals surface area contributed by atoms with Crippen molar-refractivity contribution >= 4 is 41.9 Å². The second-order valence-corrected chi connectivity index (χ2v) is 11.8. The van der Waals surface area contributed by atoms with E-state index >= 15 is 0 Å². The number of hydrogen-bond donors (Lipinski definition) is 1. The fourth-order valence-corrected chi connectivity index (χ4v) is 6.88. The Labute approximate surface area is 210 Å². The molecule has 1 aliphatic heterocycles. The summed E-state index contributed by atoms with van der Waals surface area (Å²) in [4.78, 5) is 64.0. The maximum Gasteiger partial charge on any atom is 0.320 e. The smallest absolute Gasteiger partial charge is 0.320 e. The standard InChI is InChI=1S/C26H32NO8P/c1-6-34-25(30)22(26(31)35-7-2)20(15(3)4)16(5)36(32,33)14-27-23(28)18-12-8-10-17-11-9-13-19(21(17)18)24(27)29/h8-13,15-16,20,22H,6-7,14H2,1-5H3,(H,32,33). The van der Waals surface area contributed by atoms with Gasteiger partial charge in [-0.2, -0.15) is 0 Å². The summed E-state index contributed by atoms with van der Waals surface area (Å²) in [5, 5.41) is 1.23. The normalized spacial score (nSPS) is 16.7. The summed E-state index contributed by atoms with van der Waals surface area (Å²) >= 11 is 0. The number of ether oxygens (including phenoxy) is 2. The third kappa shape index (κ3) is 5.08. The van der Waals surface area contributed by atoms with Crippen LogP contribution >= 0.6 is 7.37 Å². The zero-order valence-corrected chi connectivity index (χ0v) is 22.0. The van der Waals surface area contributed by atoms with Gasteiger partial charge in [-0.1, -0.05) is 45.0 Å². The average Bonchev–Trinajstić information content (AvgIpc) is 2.83. The Morgan fingerprint density at radius 3 is 1.81 bits per heavy atom. The van der Waals surface area contributed by atoms with Crippen molar-refractivity contribution < 1.29 is 38.1 Å². The number of imide groups is 1. The largest absolute Gasteiger partial charge is 0.465 e. The van der Waals surface area contributed by atoms with Gasteiger partial charge in [-0.25, -0.2) is 0 Å². The summed E-state index contributed by atoms with van der Waals surface area (Å²) in [7, 11) is -4.33. The third-order valence-electron chi connectivity index (χ3n) is 6.63. The first-order valence-corrected chi connectivity index (χ1v) is 13.9. The Balaban J connectivity index is 1.98. The molecule has 2 aromatic carbocycles. The lowest BCUT2D eigenvalue weighted by atomic mass is 9.81. The van der Waals surface area contributed by atoms with Crippen LogP contribution in [0, 0.1) is 17.8 Å². The van der Waals surface area contributed by atoms with Crippen LogP contribution in [0.4, 0.5) is 0 Å². The van der Waals surface area contributed by atoms with Crippen molar-refractivity contribution in [1.29, 1.82) is 0 Å². The summed E-state index contributed by atoms with van der Waals surface area (Å²) in [6.07, 6.45) is -0.752. The van der Waals surface area contributed by atoms with Crippen molar-refractivity contribution in [2.24, 2.45) is 17.8 Å². The molecular weight excluding hydrogens is 485 g/mol. The molecule has 0 radical (unpaired) electrons. The number of benzene rings is 2. The Hall–Kier alpha value is -3.03. The number of amides is 2. The minimum Gasteiger partial charge on any atom is -0.465 e. The van der Waals surface area contributed by atoms with Crippen LogP contribution in [0.25, 0.3) is 10.8 Å². The molecule has 0 bridgehead atoms. The highest BCUT2D eigenvalue weighted by Gasteiger charge is 2.49. The van der Waals surface area contributed by atoms with Crippen LogP contribution in [0.15, 0.2) is 36.4 Å². The van der Waals surface area contributed by atoms with Crippen LogP contribution < -0.4 is 0 Å². The van der Waals surface area contributed by atoms with E-state index in [4.69, 9.17) is 9.47 Å². The zero-order valence-electron chi connectivity index (χ0n) is 21.1. The molecule has 0 fully saturated rings. The molecule has 36 heavy (non-hydrogen) atoms. The Bertz CT molecular complexity index is 1170. The molecular formula is C26H32NO8P. The number of carbonyl (C=O) groups is 4. The average molecular weight is 518 g/mol. The number of hydrogen-bond acceptors (Lipinski definition) is 7. The Morgan fingerprint density at radius 1 is 0.917 bits per heavy atom. The van der Waals surface area contributed by atoms with Crippen LogP contribution in [-0.2, 0) is 23.6 Å². The van der Waals surface area contributed by atoms with Crippen molar-refractivity contribution in [3.63, 3.8) is 0 Å². The van der Waals surface area contributed by atoms with Crippen LogP contribution in [0.1, 0.15) is 55.3 Å². The van der Waals surface area contributed by atoms with E-state index in [0.717, 1.165) is 10.3 Å². The van der Waals surface area contributed by atoms with E-state index < -0.39 is 60.8 Å². The summed E-state index contributed by atoms with van der Waals surface area (Å²) in [5.74, 6) is -5.79. The lowest BCUT2D eigenvalue weighted by molar-refractivity contribution is -0.165. The Morgan fingerprint density at radius 2 is 1.39 bits per heavy atom. The molecule has 2 amide bonds. The first kappa shape index (κ1) is 27.6. The molecule has 10 heteroatoms. The van der Waals surface area contributed by atoms with Crippen LogP contribution in [0.2, 0.25) is 0 Å². The summed E-state index contributed by atoms with van der Waals surface area (Å²) in [6, 6.07) is 10.1. The summed E-state index contributed by atoms with van der Waals surface area (Å²) in [6.45, 7) is 8.12. The molecule has 0 spiro atoms. The summed E-state index contributed by atoms with van der Waals surface area (Å²) in [5.41, 5.74) is -0.594. The highest BCUT2D eigenvalue weighted by atomic mass is 31.2. The van der Waals surface area contributed by atoms with E-state index in [1.807, 2.05) is 0 Å². The van der Waals surface area contributed by atoms with Crippen molar-refractivity contribution in [2.75, 3.05) is 19.5 Å². The van der Waals surface area contributed by atoms with E-state index in [1.54, 1.807) is 64.1 Å². The fourth-order valence-electron chi connectivity index (χ4n) is 4.90. The molecule has 1 N–H and O–H groups in total. The van der Waals surface area contributed by atoms with Crippen LogP contribution in [-0.4, -0.2) is 58.7 Å². The minimum atomic E-state index is -4.33.